The summed E-state index contributed by atoms with van der Waals surface area (Å²) in [5.41, 5.74) is 5.89. The molecule has 0 radical (unpaired) electrons. The first-order valence-electron chi connectivity index (χ1n) is 7.49. The topological polar surface area (TPSA) is 72.2 Å². The molecule has 4 nitrogen and oxygen atoms in total. The van der Waals surface area contributed by atoms with E-state index in [9.17, 15) is 18.4 Å². The first-order valence-corrected chi connectivity index (χ1v) is 7.86. The van der Waals surface area contributed by atoms with Crippen molar-refractivity contribution in [2.75, 3.05) is 0 Å². The van der Waals surface area contributed by atoms with Gasteiger partial charge in [0.2, 0.25) is 17.7 Å². The van der Waals surface area contributed by atoms with Gasteiger partial charge in [-0.05, 0) is 30.5 Å². The molecular formula is C16H19ClF2N2O2. The first-order chi connectivity index (χ1) is 10.8. The predicted molar refractivity (Wildman–Crippen MR) is 83.1 cm³/mol. The van der Waals surface area contributed by atoms with E-state index in [1.807, 2.05) is 0 Å². The van der Waals surface area contributed by atoms with E-state index in [-0.39, 0.29) is 38.0 Å². The van der Waals surface area contributed by atoms with Crippen molar-refractivity contribution in [2.45, 2.75) is 44.1 Å². The molecule has 0 aliphatic heterocycles. The molecule has 2 amide bonds. The minimum Gasteiger partial charge on any atom is -0.370 e. The zero-order valence-electron chi connectivity index (χ0n) is 12.5. The fourth-order valence-electron chi connectivity index (χ4n) is 2.77. The Kier molecular flexibility index (Phi) is 5.57. The average Bonchev–Trinajstić information content (AvgIpc) is 2.46. The Labute approximate surface area is 138 Å². The molecular weight excluding hydrogens is 326 g/mol. The summed E-state index contributed by atoms with van der Waals surface area (Å²) >= 11 is 5.93. The Morgan fingerprint density at radius 1 is 1.35 bits per heavy atom. The molecule has 23 heavy (non-hydrogen) atoms. The molecule has 0 spiro atoms. The van der Waals surface area contributed by atoms with Crippen LogP contribution in [-0.4, -0.2) is 17.7 Å². The molecule has 0 unspecified atom stereocenters. The van der Waals surface area contributed by atoms with Crippen LogP contribution < -0.4 is 11.1 Å². The third-order valence-corrected chi connectivity index (χ3v) is 4.30. The van der Waals surface area contributed by atoms with Crippen LogP contribution in [0, 0.1) is 5.92 Å². The number of benzene rings is 1. The van der Waals surface area contributed by atoms with Gasteiger partial charge in [-0.25, -0.2) is 8.78 Å². The number of alkyl halides is 2. The van der Waals surface area contributed by atoms with E-state index < -0.39 is 23.8 Å². The second-order valence-corrected chi connectivity index (χ2v) is 6.35. The van der Waals surface area contributed by atoms with Crippen LogP contribution in [0.25, 0.3) is 0 Å². The molecule has 1 aromatic rings. The maximum absolute atomic E-state index is 13.2. The molecule has 126 valence electrons. The third-order valence-electron chi connectivity index (χ3n) is 4.06. The quantitative estimate of drug-likeness (QED) is 0.861. The number of hydrogen-bond acceptors (Lipinski definition) is 2. The van der Waals surface area contributed by atoms with Crippen LogP contribution >= 0.6 is 11.6 Å². The number of halogens is 3. The zero-order valence-corrected chi connectivity index (χ0v) is 13.3. The number of carbonyl (C=O) groups excluding carboxylic acids is 2. The molecule has 0 saturated heterocycles. The van der Waals surface area contributed by atoms with Gasteiger partial charge in [0.15, 0.2) is 0 Å². The minimum absolute atomic E-state index is 0.0744. The van der Waals surface area contributed by atoms with Gasteiger partial charge in [-0.15, -0.1) is 0 Å². The average molecular weight is 345 g/mol. The fourth-order valence-corrected chi connectivity index (χ4v) is 2.97. The van der Waals surface area contributed by atoms with Gasteiger partial charge in [0, 0.05) is 23.8 Å². The van der Waals surface area contributed by atoms with Crippen LogP contribution in [0.3, 0.4) is 0 Å². The van der Waals surface area contributed by atoms with E-state index in [4.69, 9.17) is 17.3 Å². The highest BCUT2D eigenvalue weighted by atomic mass is 35.5. The van der Waals surface area contributed by atoms with Gasteiger partial charge >= 0.3 is 0 Å². The van der Waals surface area contributed by atoms with E-state index in [0.29, 0.717) is 10.6 Å². The van der Waals surface area contributed by atoms with Crippen LogP contribution in [0.5, 0.6) is 0 Å². The molecule has 3 N–H and O–H groups in total. The second-order valence-electron chi connectivity index (χ2n) is 5.92. The number of carbonyl (C=O) groups is 2. The normalized spacial score (nSPS) is 19.1. The monoisotopic (exact) mass is 344 g/mol. The number of rotatable bonds is 5. The Balaban J connectivity index is 2.06. The first kappa shape index (κ1) is 17.7. The predicted octanol–water partition coefficient (Wildman–Crippen LogP) is 3.20. The fraction of sp³-hybridized carbons (Fsp3) is 0.500. The highest BCUT2D eigenvalue weighted by Gasteiger charge is 2.37. The van der Waals surface area contributed by atoms with Crippen molar-refractivity contribution in [3.05, 3.63) is 34.9 Å². The second kappa shape index (κ2) is 7.25. The molecule has 1 aliphatic rings. The van der Waals surface area contributed by atoms with Crippen LogP contribution in [0.15, 0.2) is 24.3 Å². The summed E-state index contributed by atoms with van der Waals surface area (Å²) in [6.45, 7) is 0. The van der Waals surface area contributed by atoms with Crippen molar-refractivity contribution >= 4 is 23.4 Å². The van der Waals surface area contributed by atoms with Gasteiger partial charge in [-0.2, -0.15) is 0 Å². The van der Waals surface area contributed by atoms with Gasteiger partial charge in [0.25, 0.3) is 0 Å². The van der Waals surface area contributed by atoms with E-state index in [1.54, 1.807) is 24.3 Å². The van der Waals surface area contributed by atoms with Crippen molar-refractivity contribution in [2.24, 2.45) is 11.7 Å². The molecule has 0 aromatic heterocycles. The lowest BCUT2D eigenvalue weighted by Gasteiger charge is -2.29. The van der Waals surface area contributed by atoms with Crippen LogP contribution in [-0.2, 0) is 9.59 Å². The molecule has 1 aromatic carbocycles. The van der Waals surface area contributed by atoms with Crippen molar-refractivity contribution in [1.29, 1.82) is 0 Å². The summed E-state index contributed by atoms with van der Waals surface area (Å²) in [7, 11) is 0. The SMILES string of the molecule is NC(=O)C[C@@H](NC(=O)C1CCC(F)(F)CC1)c1cccc(Cl)c1. The number of hydrogen-bond donors (Lipinski definition) is 2. The molecule has 7 heteroatoms. The maximum atomic E-state index is 13.2. The summed E-state index contributed by atoms with van der Waals surface area (Å²) < 4.78 is 26.4. The van der Waals surface area contributed by atoms with Crippen molar-refractivity contribution in [1.82, 2.24) is 5.32 Å². The summed E-state index contributed by atoms with van der Waals surface area (Å²) in [4.78, 5) is 23.6. The molecule has 1 saturated carbocycles. The van der Waals surface area contributed by atoms with Gasteiger partial charge in [-0.3, -0.25) is 9.59 Å². The van der Waals surface area contributed by atoms with E-state index >= 15 is 0 Å². The van der Waals surface area contributed by atoms with Gasteiger partial charge < -0.3 is 11.1 Å². The highest BCUT2D eigenvalue weighted by molar-refractivity contribution is 6.30. The van der Waals surface area contributed by atoms with Crippen LogP contribution in [0.1, 0.15) is 43.7 Å². The minimum atomic E-state index is -2.68. The summed E-state index contributed by atoms with van der Waals surface area (Å²) in [5.74, 6) is -4.04. The number of nitrogens with two attached hydrogens (primary N) is 1. The van der Waals surface area contributed by atoms with Crippen molar-refractivity contribution < 1.29 is 18.4 Å². The molecule has 1 atom stereocenters. The largest absolute Gasteiger partial charge is 0.370 e. The molecule has 1 aliphatic carbocycles. The standard InChI is InChI=1S/C16H19ClF2N2O2/c17-12-3-1-2-11(8-12)13(9-14(20)22)21-15(23)10-4-6-16(18,19)7-5-10/h1-3,8,10,13H,4-7,9H2,(H2,20,22)(H,21,23)/t13-/m1/s1. The van der Waals surface area contributed by atoms with Gasteiger partial charge in [-0.1, -0.05) is 23.7 Å². The lowest BCUT2D eigenvalue weighted by molar-refractivity contribution is -0.130. The summed E-state index contributed by atoms with van der Waals surface area (Å²) in [5, 5.41) is 3.22. The Morgan fingerprint density at radius 3 is 2.57 bits per heavy atom. The Hall–Kier alpha value is -1.69. The summed E-state index contributed by atoms with van der Waals surface area (Å²) in [6, 6.07) is 6.15. The number of amides is 2. The lowest BCUT2D eigenvalue weighted by Crippen LogP contribution is -2.39. The molecule has 0 bridgehead atoms. The van der Waals surface area contributed by atoms with Crippen molar-refractivity contribution in [3.63, 3.8) is 0 Å². The third kappa shape index (κ3) is 5.16. The van der Waals surface area contributed by atoms with Gasteiger partial charge in [0.1, 0.15) is 0 Å². The van der Waals surface area contributed by atoms with Crippen molar-refractivity contribution in [3.8, 4) is 0 Å². The molecule has 2 rings (SSSR count). The van der Waals surface area contributed by atoms with Crippen LogP contribution in [0.4, 0.5) is 8.78 Å². The smallest absolute Gasteiger partial charge is 0.248 e. The molecule has 1 fully saturated rings. The van der Waals surface area contributed by atoms with Crippen LogP contribution in [0.2, 0.25) is 5.02 Å². The van der Waals surface area contributed by atoms with Gasteiger partial charge in [0.05, 0.1) is 12.5 Å². The number of primary amides is 1. The molecule has 0 heterocycles. The van der Waals surface area contributed by atoms with E-state index in [2.05, 4.69) is 5.32 Å². The summed E-state index contributed by atoms with van der Waals surface area (Å²) in [6.07, 6.45) is -0.379. The van der Waals surface area contributed by atoms with E-state index in [0.717, 1.165) is 0 Å². The number of nitrogens with one attached hydrogen (secondary N) is 1. The Bertz CT molecular complexity index is 585. The van der Waals surface area contributed by atoms with E-state index in [1.165, 1.54) is 0 Å². The zero-order chi connectivity index (χ0) is 17.0. The maximum Gasteiger partial charge on any atom is 0.248 e. The Morgan fingerprint density at radius 2 is 2.00 bits per heavy atom. The highest BCUT2D eigenvalue weighted by Crippen LogP contribution is 2.36. The lowest BCUT2D eigenvalue weighted by atomic mass is 9.86.